The van der Waals surface area contributed by atoms with Gasteiger partial charge < -0.3 is 81.4 Å². The molecule has 0 fully saturated rings. The molecule has 0 aromatic heterocycles. The van der Waals surface area contributed by atoms with E-state index in [-0.39, 0.29) is 101 Å². The zero-order valence-electron chi connectivity index (χ0n) is 50.9. The molecule has 6 amide bonds. The molecule has 28 heteroatoms. The lowest BCUT2D eigenvalue weighted by atomic mass is 9.88. The van der Waals surface area contributed by atoms with E-state index in [1.54, 1.807) is 6.92 Å². The minimum Gasteiger partial charge on any atom is -0.508 e. The first kappa shape index (κ1) is 76.4. The van der Waals surface area contributed by atoms with Gasteiger partial charge in [-0.05, 0) is 108 Å². The number of benzene rings is 1. The summed E-state index contributed by atoms with van der Waals surface area (Å²) in [7, 11) is 0. The molecule has 1 aromatic carbocycles. The van der Waals surface area contributed by atoms with Gasteiger partial charge >= 0.3 is 5.97 Å². The fourth-order valence-electron chi connectivity index (χ4n) is 9.47. The van der Waals surface area contributed by atoms with Crippen molar-refractivity contribution in [3.05, 3.63) is 29.8 Å². The van der Waals surface area contributed by atoms with Crippen molar-refractivity contribution in [2.45, 2.75) is 181 Å². The number of guanidine groups is 2. The van der Waals surface area contributed by atoms with Crippen LogP contribution in [0.5, 0.6) is 5.75 Å². The largest absolute Gasteiger partial charge is 0.508 e. The number of Topliss-reactive ketones (excluding diaryl/α,β-unsaturated/α-hetero) is 4. The summed E-state index contributed by atoms with van der Waals surface area (Å²) in [4.78, 5) is 157. The van der Waals surface area contributed by atoms with Crippen LogP contribution in [0.2, 0.25) is 0 Å². The number of carboxylic acids is 1. The van der Waals surface area contributed by atoms with Gasteiger partial charge in [0, 0.05) is 56.5 Å². The van der Waals surface area contributed by atoms with Gasteiger partial charge in [0.25, 0.3) is 0 Å². The van der Waals surface area contributed by atoms with E-state index in [4.69, 9.17) is 34.4 Å². The second-order valence-electron chi connectivity index (χ2n) is 23.0. The molecule has 86 heavy (non-hydrogen) atoms. The lowest BCUT2D eigenvalue weighted by Crippen LogP contribution is -2.50. The Kier molecular flexibility index (Phi) is 35.5. The number of aliphatic carboxylic acids is 1. The van der Waals surface area contributed by atoms with Crippen molar-refractivity contribution < 1.29 is 73.2 Å². The number of carboxylic acid groups (broad SMARTS) is 1. The van der Waals surface area contributed by atoms with Gasteiger partial charge in [0.05, 0.1) is 55.1 Å². The molecule has 484 valence electrons. The Morgan fingerprint density at radius 2 is 0.977 bits per heavy atom. The molecule has 0 saturated heterocycles. The number of nitrogens with one attached hydrogen (secondary N) is 5. The Bertz CT molecular complexity index is 2460. The number of carbonyl (C=O) groups excluding carboxylic acids is 10. The van der Waals surface area contributed by atoms with Gasteiger partial charge in [-0.15, -0.1) is 0 Å². The summed E-state index contributed by atoms with van der Waals surface area (Å²) >= 11 is 0. The molecule has 0 aliphatic carbocycles. The topological polar surface area (TPSA) is 510 Å². The van der Waals surface area contributed by atoms with E-state index >= 15 is 0 Å². The van der Waals surface area contributed by atoms with Crippen molar-refractivity contribution in [3.63, 3.8) is 0 Å². The summed E-state index contributed by atoms with van der Waals surface area (Å²) in [6.45, 7) is 11.2. The molecular formula is C58H97N13O15. The maximum atomic E-state index is 14.5. The van der Waals surface area contributed by atoms with Crippen LogP contribution in [-0.4, -0.2) is 159 Å². The number of unbranched alkanes of at least 4 members (excludes halogenated alkanes) is 1. The number of aliphatic hydroxyl groups is 2. The SMILES string of the molecule is CC(C)C[C@H](NC(=O)[C@H](CCCN=C(N)N)CC(=O)[C@H](Cc1ccc(O)cc1)NC(=O)[C@H](CCCCN)CC(=O)[C@H](CC(=O)O)NC(=O)[C@@H](CC(=O)[C@H](C)NC(=O)[C@H](CO)CC(=O)[C@H](CCCN=C(N)N)NC(=O)[C@@H](C)CC(C)C)[C@@H](C)O)C(N)=O. The number of hydrogen-bond acceptors (Lipinski definition) is 17. The number of rotatable bonds is 45. The lowest BCUT2D eigenvalue weighted by Gasteiger charge is -2.27. The summed E-state index contributed by atoms with van der Waals surface area (Å²) in [5.74, 6) is -15.5. The Balaban J connectivity index is 3.49. The van der Waals surface area contributed by atoms with Crippen molar-refractivity contribution in [1.82, 2.24) is 26.6 Å². The van der Waals surface area contributed by atoms with Crippen LogP contribution in [0.1, 0.15) is 144 Å². The van der Waals surface area contributed by atoms with Crippen LogP contribution < -0.4 is 61.0 Å². The number of aliphatic imine (C=N–C) groups is 2. The molecule has 1 rings (SSSR count). The molecule has 11 atom stereocenters. The predicted molar refractivity (Wildman–Crippen MR) is 321 cm³/mol. The van der Waals surface area contributed by atoms with Crippen LogP contribution in [-0.2, 0) is 59.2 Å². The number of nitrogens with two attached hydrogens (primary N) is 6. The van der Waals surface area contributed by atoms with Crippen molar-refractivity contribution in [1.29, 1.82) is 0 Å². The first-order chi connectivity index (χ1) is 40.3. The summed E-state index contributed by atoms with van der Waals surface area (Å²) in [5, 5.41) is 53.8. The molecule has 0 radical (unpaired) electrons. The van der Waals surface area contributed by atoms with Crippen molar-refractivity contribution in [2.24, 2.45) is 85.8 Å². The smallest absolute Gasteiger partial charge is 0.305 e. The second kappa shape index (κ2) is 39.9. The fourth-order valence-corrected chi connectivity index (χ4v) is 9.47. The first-order valence-corrected chi connectivity index (χ1v) is 29.3. The van der Waals surface area contributed by atoms with E-state index in [1.165, 1.54) is 31.2 Å². The van der Waals surface area contributed by atoms with Gasteiger partial charge in [0.1, 0.15) is 11.8 Å². The highest BCUT2D eigenvalue weighted by atomic mass is 16.4. The number of phenolic OH excluding ortho intramolecular Hbond substituents is 1. The van der Waals surface area contributed by atoms with Crippen LogP contribution in [0.4, 0.5) is 0 Å². The molecule has 0 unspecified atom stereocenters. The van der Waals surface area contributed by atoms with Crippen LogP contribution >= 0.6 is 0 Å². The molecule has 28 nitrogen and oxygen atoms in total. The first-order valence-electron chi connectivity index (χ1n) is 29.3. The molecule has 0 aliphatic rings. The third-order valence-electron chi connectivity index (χ3n) is 14.3. The standard InChI is InChI=1S/C58H97N13O15/c1-31(2)22-33(5)52(82)68-42(14-11-21-66-58(63)64)47(76)27-39(30-72)55(85)67-34(6)46(75)28-41(35(7)73)56(86)70-44(29-50(79)80)49(78)25-37(12-8-9-19-59)53(83)69-43(24-36-15-17-40(74)18-16-36)48(77)26-38(13-10-20-65-57(61)62)54(84)71-45(51(60)81)23-32(3)4/h15-18,31-35,37-39,41-45,72-74H,8-14,19-30,59H2,1-7H3,(H2,60,81)(H,67,85)(H,68,82)(H,69,83)(H,70,86)(H,71,84)(H,79,80)(H4,61,62,65)(H4,63,64,66)/t33-,34-,35+,37+,38+,39-,41-,42-,43-,44-,45-/m0/s1. The molecule has 1 aromatic rings. The van der Waals surface area contributed by atoms with Crippen LogP contribution in [0, 0.1) is 41.4 Å². The number of aliphatic hydroxyl groups excluding tert-OH is 2. The highest BCUT2D eigenvalue weighted by Crippen LogP contribution is 2.23. The highest BCUT2D eigenvalue weighted by molar-refractivity contribution is 5.99. The zero-order chi connectivity index (χ0) is 65.4. The molecule has 0 bridgehead atoms. The second-order valence-corrected chi connectivity index (χ2v) is 23.0. The average Bonchev–Trinajstić information content (AvgIpc) is 3.63. The van der Waals surface area contributed by atoms with Gasteiger partial charge in [-0.25, -0.2) is 0 Å². The Labute approximate surface area is 503 Å². The summed E-state index contributed by atoms with van der Waals surface area (Å²) in [5.41, 5.74) is 33.7. The maximum Gasteiger partial charge on any atom is 0.305 e. The van der Waals surface area contributed by atoms with E-state index in [0.717, 1.165) is 6.92 Å². The monoisotopic (exact) mass is 1220 g/mol. The summed E-state index contributed by atoms with van der Waals surface area (Å²) in [6.07, 6.45) is -3.22. The number of primary amides is 1. The van der Waals surface area contributed by atoms with Gasteiger partial charge in [0.15, 0.2) is 35.1 Å². The molecule has 0 heterocycles. The zero-order valence-corrected chi connectivity index (χ0v) is 50.9. The van der Waals surface area contributed by atoms with E-state index in [2.05, 4.69) is 36.6 Å². The Morgan fingerprint density at radius 1 is 0.512 bits per heavy atom. The van der Waals surface area contributed by atoms with E-state index in [0.29, 0.717) is 18.4 Å². The highest BCUT2D eigenvalue weighted by Gasteiger charge is 2.37. The molecule has 0 spiro atoms. The number of carbonyl (C=O) groups is 11. The maximum absolute atomic E-state index is 14.5. The number of aromatic hydroxyl groups is 1. The van der Waals surface area contributed by atoms with E-state index in [9.17, 15) is 73.2 Å². The van der Waals surface area contributed by atoms with Crippen LogP contribution in [0.25, 0.3) is 0 Å². The summed E-state index contributed by atoms with van der Waals surface area (Å²) in [6, 6.07) is -0.997. The fraction of sp³-hybridized carbons (Fsp3) is 0.672. The number of amides is 6. The number of nitrogens with zero attached hydrogens (tertiary/aromatic N) is 2. The molecule has 0 saturated carbocycles. The lowest BCUT2D eigenvalue weighted by molar-refractivity contribution is -0.142. The number of phenols is 1. The third kappa shape index (κ3) is 30.5. The van der Waals surface area contributed by atoms with Gasteiger partial charge in [-0.2, -0.15) is 0 Å². The average molecular weight is 1220 g/mol. The molecule has 21 N–H and O–H groups in total. The normalized spacial score (nSPS) is 15.1. The van der Waals surface area contributed by atoms with E-state index in [1.807, 2.05) is 27.7 Å². The quantitative estimate of drug-likeness (QED) is 0.0211. The number of ketones is 4. The van der Waals surface area contributed by atoms with Crippen molar-refractivity contribution in [3.8, 4) is 5.75 Å². The third-order valence-corrected chi connectivity index (χ3v) is 14.3. The Hall–Kier alpha value is -7.59. The van der Waals surface area contributed by atoms with E-state index < -0.39 is 169 Å². The minimum absolute atomic E-state index is 0.0158. The van der Waals surface area contributed by atoms with Gasteiger partial charge in [0.2, 0.25) is 35.4 Å². The molecule has 0 aliphatic heterocycles. The van der Waals surface area contributed by atoms with Crippen LogP contribution in [0.3, 0.4) is 0 Å². The molecular weight excluding hydrogens is 1120 g/mol. The van der Waals surface area contributed by atoms with Crippen molar-refractivity contribution >= 4 is 76.5 Å². The Morgan fingerprint density at radius 3 is 1.47 bits per heavy atom. The minimum atomic E-state index is -1.83. The summed E-state index contributed by atoms with van der Waals surface area (Å²) < 4.78 is 0. The number of hydrogen-bond donors (Lipinski definition) is 15. The van der Waals surface area contributed by atoms with Crippen molar-refractivity contribution in [2.75, 3.05) is 26.2 Å². The van der Waals surface area contributed by atoms with Crippen LogP contribution in [0.15, 0.2) is 34.3 Å². The van der Waals surface area contributed by atoms with Gasteiger partial charge in [-0.1, -0.05) is 53.2 Å². The predicted octanol–water partition coefficient (Wildman–Crippen LogP) is -1.02. The van der Waals surface area contributed by atoms with Gasteiger partial charge in [-0.3, -0.25) is 62.7 Å².